The first-order valence-corrected chi connectivity index (χ1v) is 5.77. The van der Waals surface area contributed by atoms with E-state index in [4.69, 9.17) is 5.11 Å². The van der Waals surface area contributed by atoms with E-state index in [2.05, 4.69) is 5.10 Å². The quantitative estimate of drug-likeness (QED) is 0.787. The highest BCUT2D eigenvalue weighted by atomic mass is 16.4. The van der Waals surface area contributed by atoms with Crippen molar-refractivity contribution >= 4 is 17.6 Å². The Morgan fingerprint density at radius 1 is 1.38 bits per heavy atom. The van der Waals surface area contributed by atoms with Crippen molar-refractivity contribution in [2.24, 2.45) is 5.10 Å². The highest BCUT2D eigenvalue weighted by molar-refractivity contribution is 6.10. The molecule has 0 aromatic rings. The minimum absolute atomic E-state index is 0.0387. The molecule has 2 aliphatic rings. The van der Waals surface area contributed by atoms with Gasteiger partial charge in [-0.25, -0.2) is 5.01 Å². The first kappa shape index (κ1) is 11.1. The number of rotatable bonds is 3. The SMILES string of the molecule is O=C(O)CC1=NN(C2CCCCC2)C(=O)C1. The third kappa shape index (κ3) is 2.40. The molecule has 5 heteroatoms. The van der Waals surface area contributed by atoms with Crippen molar-refractivity contribution in [2.75, 3.05) is 0 Å². The molecule has 1 amide bonds. The Morgan fingerprint density at radius 2 is 2.06 bits per heavy atom. The van der Waals surface area contributed by atoms with Gasteiger partial charge < -0.3 is 5.11 Å². The summed E-state index contributed by atoms with van der Waals surface area (Å²) in [5.41, 5.74) is 0.489. The van der Waals surface area contributed by atoms with Crippen LogP contribution in [0.1, 0.15) is 44.9 Å². The maximum atomic E-state index is 11.7. The summed E-state index contributed by atoms with van der Waals surface area (Å²) < 4.78 is 0. The second-order valence-electron chi connectivity index (χ2n) is 4.44. The average molecular weight is 224 g/mol. The Balaban J connectivity index is 2.00. The molecule has 16 heavy (non-hydrogen) atoms. The summed E-state index contributed by atoms with van der Waals surface area (Å²) in [5, 5.41) is 14.3. The van der Waals surface area contributed by atoms with Gasteiger partial charge in [-0.15, -0.1) is 0 Å². The van der Waals surface area contributed by atoms with Gasteiger partial charge in [-0.2, -0.15) is 5.10 Å². The van der Waals surface area contributed by atoms with Gasteiger partial charge in [-0.3, -0.25) is 9.59 Å². The van der Waals surface area contributed by atoms with Crippen LogP contribution in [0.4, 0.5) is 0 Å². The number of carboxylic acid groups (broad SMARTS) is 1. The Morgan fingerprint density at radius 3 is 2.69 bits per heavy atom. The molecular formula is C11H16N2O3. The fourth-order valence-electron chi connectivity index (χ4n) is 2.38. The Bertz CT molecular complexity index is 332. The van der Waals surface area contributed by atoms with E-state index >= 15 is 0 Å². The largest absolute Gasteiger partial charge is 0.481 e. The highest BCUT2D eigenvalue weighted by Gasteiger charge is 2.31. The van der Waals surface area contributed by atoms with E-state index in [9.17, 15) is 9.59 Å². The van der Waals surface area contributed by atoms with Crippen molar-refractivity contribution < 1.29 is 14.7 Å². The summed E-state index contributed by atoms with van der Waals surface area (Å²) in [6, 6.07) is 0.201. The van der Waals surface area contributed by atoms with E-state index in [0.717, 1.165) is 25.7 Å². The van der Waals surface area contributed by atoms with Crippen LogP contribution in [0.3, 0.4) is 0 Å². The molecule has 2 rings (SSSR count). The normalized spacial score (nSPS) is 22.4. The molecule has 88 valence electrons. The van der Waals surface area contributed by atoms with Gasteiger partial charge in [0.2, 0.25) is 5.91 Å². The first-order valence-electron chi connectivity index (χ1n) is 5.77. The van der Waals surface area contributed by atoms with E-state index in [0.29, 0.717) is 5.71 Å². The van der Waals surface area contributed by atoms with E-state index in [1.54, 1.807) is 0 Å². The molecule has 1 fully saturated rings. The van der Waals surface area contributed by atoms with Crippen LogP contribution in [0.5, 0.6) is 0 Å². The summed E-state index contributed by atoms with van der Waals surface area (Å²) in [6.07, 6.45) is 5.56. The molecule has 0 unspecified atom stereocenters. The number of hydrogen-bond donors (Lipinski definition) is 1. The summed E-state index contributed by atoms with van der Waals surface area (Å²) in [6.45, 7) is 0. The standard InChI is InChI=1S/C11H16N2O3/c14-10-6-8(7-11(15)16)12-13(10)9-4-2-1-3-5-9/h9H,1-7H2,(H,15,16). The second-order valence-corrected chi connectivity index (χ2v) is 4.44. The van der Waals surface area contributed by atoms with Crippen molar-refractivity contribution in [2.45, 2.75) is 51.0 Å². The van der Waals surface area contributed by atoms with Crippen LogP contribution in [0.15, 0.2) is 5.10 Å². The van der Waals surface area contributed by atoms with Gasteiger partial charge in [-0.1, -0.05) is 19.3 Å². The number of carboxylic acids is 1. The van der Waals surface area contributed by atoms with Crippen LogP contribution in [0.25, 0.3) is 0 Å². The fraction of sp³-hybridized carbons (Fsp3) is 0.727. The number of hydrazone groups is 1. The molecule has 1 N–H and O–H groups in total. The number of hydrogen-bond acceptors (Lipinski definition) is 3. The number of amides is 1. The molecule has 1 aliphatic carbocycles. The molecule has 1 heterocycles. The monoisotopic (exact) mass is 224 g/mol. The van der Waals surface area contributed by atoms with Gasteiger partial charge in [0, 0.05) is 0 Å². The molecule has 0 radical (unpaired) electrons. The average Bonchev–Trinajstić information content (AvgIpc) is 2.60. The van der Waals surface area contributed by atoms with Gasteiger partial charge in [0.15, 0.2) is 0 Å². The van der Waals surface area contributed by atoms with E-state index in [1.165, 1.54) is 11.4 Å². The van der Waals surface area contributed by atoms with Gasteiger partial charge in [0.1, 0.15) is 0 Å². The van der Waals surface area contributed by atoms with Crippen molar-refractivity contribution in [3.8, 4) is 0 Å². The van der Waals surface area contributed by atoms with Crippen LogP contribution in [-0.2, 0) is 9.59 Å². The minimum Gasteiger partial charge on any atom is -0.481 e. The lowest BCUT2D eigenvalue weighted by Crippen LogP contribution is -2.34. The van der Waals surface area contributed by atoms with Crippen molar-refractivity contribution in [3.63, 3.8) is 0 Å². The maximum absolute atomic E-state index is 11.7. The molecule has 1 aliphatic heterocycles. The molecule has 1 saturated carbocycles. The predicted molar refractivity (Wildman–Crippen MR) is 58.0 cm³/mol. The summed E-state index contributed by atoms with van der Waals surface area (Å²) in [7, 11) is 0. The number of aliphatic carboxylic acids is 1. The predicted octanol–water partition coefficient (Wildman–Crippen LogP) is 1.38. The zero-order chi connectivity index (χ0) is 11.5. The third-order valence-corrected chi connectivity index (χ3v) is 3.14. The number of nitrogens with zero attached hydrogens (tertiary/aromatic N) is 2. The molecule has 0 saturated heterocycles. The van der Waals surface area contributed by atoms with E-state index in [1.807, 2.05) is 0 Å². The first-order chi connectivity index (χ1) is 7.66. The second kappa shape index (κ2) is 4.63. The van der Waals surface area contributed by atoms with Crippen molar-refractivity contribution in [1.82, 2.24) is 5.01 Å². The van der Waals surface area contributed by atoms with Crippen LogP contribution >= 0.6 is 0 Å². The van der Waals surface area contributed by atoms with Crippen molar-refractivity contribution in [1.29, 1.82) is 0 Å². The minimum atomic E-state index is -0.919. The topological polar surface area (TPSA) is 70.0 Å². The maximum Gasteiger partial charge on any atom is 0.309 e. The lowest BCUT2D eigenvalue weighted by atomic mass is 9.95. The summed E-state index contributed by atoms with van der Waals surface area (Å²) in [4.78, 5) is 22.2. The Labute approximate surface area is 94.1 Å². The third-order valence-electron chi connectivity index (χ3n) is 3.14. The molecular weight excluding hydrogens is 208 g/mol. The summed E-state index contributed by atoms with van der Waals surface area (Å²) >= 11 is 0. The van der Waals surface area contributed by atoms with Gasteiger partial charge in [0.25, 0.3) is 0 Å². The Hall–Kier alpha value is -1.39. The molecule has 0 atom stereocenters. The molecule has 5 nitrogen and oxygen atoms in total. The lowest BCUT2D eigenvalue weighted by Gasteiger charge is -2.27. The lowest BCUT2D eigenvalue weighted by molar-refractivity contribution is -0.135. The van der Waals surface area contributed by atoms with Crippen LogP contribution in [-0.4, -0.2) is 33.7 Å². The zero-order valence-corrected chi connectivity index (χ0v) is 9.19. The summed E-state index contributed by atoms with van der Waals surface area (Å²) in [5.74, 6) is -0.958. The van der Waals surface area contributed by atoms with Crippen molar-refractivity contribution in [3.05, 3.63) is 0 Å². The molecule has 0 aromatic carbocycles. The molecule has 0 aromatic heterocycles. The molecule has 0 bridgehead atoms. The number of carbonyl (C=O) groups excluding carboxylic acids is 1. The van der Waals surface area contributed by atoms with Gasteiger partial charge >= 0.3 is 5.97 Å². The van der Waals surface area contributed by atoms with Crippen LogP contribution < -0.4 is 0 Å². The number of carbonyl (C=O) groups is 2. The van der Waals surface area contributed by atoms with Gasteiger partial charge in [0.05, 0.1) is 24.6 Å². The molecule has 0 spiro atoms. The zero-order valence-electron chi connectivity index (χ0n) is 9.19. The van der Waals surface area contributed by atoms with Gasteiger partial charge in [-0.05, 0) is 12.8 Å². The Kier molecular flexibility index (Phi) is 3.22. The fourth-order valence-corrected chi connectivity index (χ4v) is 2.38. The van der Waals surface area contributed by atoms with Crippen LogP contribution in [0.2, 0.25) is 0 Å². The van der Waals surface area contributed by atoms with Crippen LogP contribution in [0, 0.1) is 0 Å². The smallest absolute Gasteiger partial charge is 0.309 e. The highest BCUT2D eigenvalue weighted by Crippen LogP contribution is 2.26. The van der Waals surface area contributed by atoms with E-state index < -0.39 is 5.97 Å². The van der Waals surface area contributed by atoms with E-state index in [-0.39, 0.29) is 24.8 Å².